The van der Waals surface area contributed by atoms with E-state index in [-0.39, 0.29) is 6.42 Å². The van der Waals surface area contributed by atoms with Gasteiger partial charge in [-0.2, -0.15) is 0 Å². The summed E-state index contributed by atoms with van der Waals surface area (Å²) in [6.45, 7) is 3.62. The average molecular weight is 764 g/mol. The van der Waals surface area contributed by atoms with E-state index in [9.17, 15) is 50.0 Å². The molecule has 1 rings (SSSR count). The number of carbonyl (C=O) groups excluding carboxylic acids is 1. The van der Waals surface area contributed by atoms with E-state index in [0.29, 0.717) is 19.3 Å². The Morgan fingerprint density at radius 1 is 0.673 bits per heavy atom. The molecule has 52 heavy (non-hydrogen) atoms. The quantitative estimate of drug-likeness (QED) is 0.0277. The van der Waals surface area contributed by atoms with Gasteiger partial charge in [-0.1, -0.05) is 108 Å². The molecule has 0 heterocycles. The van der Waals surface area contributed by atoms with Crippen LogP contribution in [-0.2, 0) is 18.4 Å². The molecule has 1 aliphatic carbocycles. The lowest BCUT2D eigenvalue weighted by molar-refractivity contribution is -0.220. The highest BCUT2D eigenvalue weighted by atomic mass is 31.2. The molecular weight excluding hydrogens is 693 g/mol. The van der Waals surface area contributed by atoms with E-state index in [0.717, 1.165) is 38.5 Å². The number of carbonyl (C=O) groups is 1. The molecule has 0 bridgehead atoms. The van der Waals surface area contributed by atoms with Crippen LogP contribution < -0.4 is 5.32 Å². The zero-order valence-electron chi connectivity index (χ0n) is 31.5. The van der Waals surface area contributed by atoms with Crippen molar-refractivity contribution >= 4 is 13.7 Å². The van der Waals surface area contributed by atoms with Crippen molar-refractivity contribution in [2.45, 2.75) is 191 Å². The summed E-state index contributed by atoms with van der Waals surface area (Å²) < 4.78 is 22.7. The van der Waals surface area contributed by atoms with Crippen molar-refractivity contribution in [2.24, 2.45) is 0 Å². The number of unbranched alkanes of at least 4 members (excludes halogenated alkanes) is 13. The molecule has 8 unspecified atom stereocenters. The van der Waals surface area contributed by atoms with Crippen LogP contribution >= 0.6 is 7.82 Å². The predicted molar refractivity (Wildman–Crippen MR) is 201 cm³/mol. The monoisotopic (exact) mass is 763 g/mol. The highest BCUT2D eigenvalue weighted by Crippen LogP contribution is 2.47. The van der Waals surface area contributed by atoms with E-state index >= 15 is 0 Å². The molecule has 0 saturated heterocycles. The molecule has 9 N–H and O–H groups in total. The smallest absolute Gasteiger partial charge is 0.393 e. The Morgan fingerprint density at radius 3 is 1.69 bits per heavy atom. The summed E-state index contributed by atoms with van der Waals surface area (Å²) in [5, 5.41) is 73.9. The average Bonchev–Trinajstić information content (AvgIpc) is 3.11. The van der Waals surface area contributed by atoms with Crippen LogP contribution in [0.2, 0.25) is 0 Å². The van der Waals surface area contributed by atoms with Gasteiger partial charge in [0.1, 0.15) is 36.6 Å². The Bertz CT molecular complexity index is 1040. The predicted octanol–water partition coefficient (Wildman–Crippen LogP) is 4.63. The number of nitrogens with one attached hydrogen (secondary N) is 1. The van der Waals surface area contributed by atoms with Gasteiger partial charge in [0.15, 0.2) is 0 Å². The molecule has 0 aliphatic heterocycles. The summed E-state index contributed by atoms with van der Waals surface area (Å²) in [6.07, 6.45) is 15.6. The summed E-state index contributed by atoms with van der Waals surface area (Å²) in [5.74, 6) is -0.624. The summed E-state index contributed by atoms with van der Waals surface area (Å²) >= 11 is 0. The fraction of sp³-hybridized carbons (Fsp3) is 0.816. The first-order chi connectivity index (χ1) is 24.8. The standard InChI is InChI=1S/C38H70NO12P/c1-3-5-7-9-11-13-15-17-19-21-23-25-29(40)27-32(42)39-30(31(41)26-24-22-20-18-16-14-12-10-8-6-4-2)28-50-52(48,49)51-38-36(46)34(44)33(43)35(45)37(38)47/h16-19,24,26,29-31,33-38,40-41,43-47H,3-15,20-23,25,27-28H2,1-2H3,(H,39,42)(H,48,49)/b18-16+,19-17-,26-24+. The second-order valence-corrected chi connectivity index (χ2v) is 15.4. The Balaban J connectivity index is 2.71. The second kappa shape index (κ2) is 28.9. The van der Waals surface area contributed by atoms with Crippen molar-refractivity contribution < 1.29 is 59.0 Å². The highest BCUT2D eigenvalue weighted by molar-refractivity contribution is 7.47. The summed E-state index contributed by atoms with van der Waals surface area (Å²) in [7, 11) is -5.14. The number of aliphatic hydroxyl groups excluding tert-OH is 7. The normalized spacial score (nSPS) is 25.5. The van der Waals surface area contributed by atoms with Crippen molar-refractivity contribution in [2.75, 3.05) is 6.61 Å². The lowest BCUT2D eigenvalue weighted by Crippen LogP contribution is -2.64. The minimum atomic E-state index is -5.14. The van der Waals surface area contributed by atoms with Gasteiger partial charge in [0.25, 0.3) is 0 Å². The van der Waals surface area contributed by atoms with E-state index in [1.807, 2.05) is 0 Å². The number of aliphatic hydroxyl groups is 7. The summed E-state index contributed by atoms with van der Waals surface area (Å²) in [5.41, 5.74) is 0. The van der Waals surface area contributed by atoms with Gasteiger partial charge < -0.3 is 46.0 Å². The van der Waals surface area contributed by atoms with Gasteiger partial charge in [0.05, 0.1) is 31.3 Å². The van der Waals surface area contributed by atoms with Gasteiger partial charge >= 0.3 is 7.82 Å². The molecule has 1 saturated carbocycles. The molecule has 8 atom stereocenters. The number of allylic oxidation sites excluding steroid dienone is 5. The molecule has 304 valence electrons. The number of hydrogen-bond donors (Lipinski definition) is 9. The van der Waals surface area contributed by atoms with Gasteiger partial charge in [0.2, 0.25) is 5.91 Å². The largest absolute Gasteiger partial charge is 0.472 e. The first-order valence-electron chi connectivity index (χ1n) is 19.5. The van der Waals surface area contributed by atoms with Crippen LogP contribution in [0.25, 0.3) is 0 Å². The summed E-state index contributed by atoms with van der Waals surface area (Å²) in [4.78, 5) is 23.2. The van der Waals surface area contributed by atoms with Gasteiger partial charge in [0, 0.05) is 0 Å². The van der Waals surface area contributed by atoms with Crippen LogP contribution in [0.1, 0.15) is 136 Å². The second-order valence-electron chi connectivity index (χ2n) is 13.9. The number of amides is 1. The molecule has 14 heteroatoms. The minimum Gasteiger partial charge on any atom is -0.393 e. The third-order valence-electron chi connectivity index (χ3n) is 9.20. The number of rotatable bonds is 30. The Morgan fingerprint density at radius 2 is 1.13 bits per heavy atom. The lowest BCUT2D eigenvalue weighted by atomic mass is 9.85. The Kier molecular flexibility index (Phi) is 27.0. The first kappa shape index (κ1) is 48.5. The van der Waals surface area contributed by atoms with Crippen molar-refractivity contribution in [3.8, 4) is 0 Å². The topological polar surface area (TPSA) is 226 Å². The van der Waals surface area contributed by atoms with Crippen LogP contribution in [0.5, 0.6) is 0 Å². The van der Waals surface area contributed by atoms with Crippen molar-refractivity contribution in [1.29, 1.82) is 0 Å². The Labute approximate surface area is 311 Å². The minimum absolute atomic E-state index is 0.274. The van der Waals surface area contributed by atoms with E-state index < -0.39 is 75.2 Å². The van der Waals surface area contributed by atoms with Crippen LogP contribution in [0.3, 0.4) is 0 Å². The van der Waals surface area contributed by atoms with E-state index in [1.54, 1.807) is 6.08 Å². The zero-order chi connectivity index (χ0) is 38.8. The third kappa shape index (κ3) is 21.4. The number of hydrogen-bond acceptors (Lipinski definition) is 11. The van der Waals surface area contributed by atoms with Gasteiger partial charge in [-0.3, -0.25) is 13.8 Å². The third-order valence-corrected chi connectivity index (χ3v) is 10.2. The number of phosphoric acid groups is 1. The molecule has 0 aromatic heterocycles. The molecule has 1 amide bonds. The molecule has 0 aromatic carbocycles. The Hall–Kier alpha value is -1.48. The van der Waals surface area contributed by atoms with E-state index in [1.165, 1.54) is 63.9 Å². The molecule has 0 spiro atoms. The lowest BCUT2D eigenvalue weighted by Gasteiger charge is -2.41. The molecule has 0 aromatic rings. The first-order valence-corrected chi connectivity index (χ1v) is 21.0. The van der Waals surface area contributed by atoms with Crippen LogP contribution in [0.4, 0.5) is 0 Å². The van der Waals surface area contributed by atoms with E-state index in [4.69, 9.17) is 9.05 Å². The van der Waals surface area contributed by atoms with Crippen LogP contribution in [0.15, 0.2) is 36.5 Å². The van der Waals surface area contributed by atoms with Crippen molar-refractivity contribution in [1.82, 2.24) is 5.32 Å². The van der Waals surface area contributed by atoms with Crippen molar-refractivity contribution in [3.05, 3.63) is 36.5 Å². The molecule has 13 nitrogen and oxygen atoms in total. The molecule has 0 radical (unpaired) electrons. The summed E-state index contributed by atoms with van der Waals surface area (Å²) in [6, 6.07) is -1.26. The molecule has 1 fully saturated rings. The number of phosphoric ester groups is 1. The fourth-order valence-electron chi connectivity index (χ4n) is 5.90. The van der Waals surface area contributed by atoms with Gasteiger partial charge in [-0.25, -0.2) is 4.57 Å². The van der Waals surface area contributed by atoms with Crippen LogP contribution in [0, 0.1) is 0 Å². The van der Waals surface area contributed by atoms with Crippen molar-refractivity contribution in [3.63, 3.8) is 0 Å². The van der Waals surface area contributed by atoms with Crippen LogP contribution in [-0.4, -0.2) is 108 Å². The highest BCUT2D eigenvalue weighted by Gasteiger charge is 2.51. The maximum atomic E-state index is 12.9. The molecule has 1 aliphatic rings. The SMILES string of the molecule is CCCCCCC/C=C/CC/C=C/C(O)C(COP(=O)(O)OC1C(O)C(O)C(O)C(O)C1O)NC(=O)CC(O)CCC/C=C\CCCCCCCC. The van der Waals surface area contributed by atoms with Gasteiger partial charge in [-0.05, 0) is 57.8 Å². The maximum absolute atomic E-state index is 12.9. The zero-order valence-corrected chi connectivity index (χ0v) is 32.4. The van der Waals surface area contributed by atoms with Gasteiger partial charge in [-0.15, -0.1) is 0 Å². The molecular formula is C38H70NO12P. The van der Waals surface area contributed by atoms with E-state index in [2.05, 4.69) is 43.5 Å². The maximum Gasteiger partial charge on any atom is 0.472 e. The fourth-order valence-corrected chi connectivity index (χ4v) is 6.87.